The van der Waals surface area contributed by atoms with Crippen LogP contribution in [0.4, 0.5) is 0 Å². The third-order valence-electron chi connectivity index (χ3n) is 5.47. The Labute approximate surface area is 131 Å². The van der Waals surface area contributed by atoms with Crippen molar-refractivity contribution in [3.05, 3.63) is 54.7 Å². The summed E-state index contributed by atoms with van der Waals surface area (Å²) in [5.41, 5.74) is 1.92. The average molecular weight is 294 g/mol. The Bertz CT molecular complexity index is 699. The molecule has 1 aromatic heterocycles. The van der Waals surface area contributed by atoms with Gasteiger partial charge in [0, 0.05) is 29.7 Å². The van der Waals surface area contributed by atoms with Crippen molar-refractivity contribution in [3.8, 4) is 0 Å². The topological polar surface area (TPSA) is 36.4 Å². The quantitative estimate of drug-likeness (QED) is 0.883. The van der Waals surface area contributed by atoms with E-state index in [1.807, 2.05) is 24.4 Å². The van der Waals surface area contributed by atoms with Gasteiger partial charge < -0.3 is 5.11 Å². The summed E-state index contributed by atoms with van der Waals surface area (Å²) >= 11 is 0. The van der Waals surface area contributed by atoms with Crippen LogP contribution >= 0.6 is 0 Å². The molecule has 3 heteroatoms. The predicted molar refractivity (Wildman–Crippen MR) is 88.5 cm³/mol. The van der Waals surface area contributed by atoms with E-state index in [4.69, 9.17) is 0 Å². The van der Waals surface area contributed by atoms with Gasteiger partial charge in [-0.15, -0.1) is 6.58 Å². The number of aromatic nitrogens is 1. The lowest BCUT2D eigenvalue weighted by molar-refractivity contribution is -0.0449. The second-order valence-electron chi connectivity index (χ2n) is 6.65. The van der Waals surface area contributed by atoms with E-state index in [-0.39, 0.29) is 6.04 Å². The van der Waals surface area contributed by atoms with Crippen LogP contribution < -0.4 is 0 Å². The lowest BCUT2D eigenvalue weighted by Gasteiger charge is -2.50. The molecular weight excluding hydrogens is 272 g/mol. The molecular formula is C19H22N2O. The maximum Gasteiger partial charge on any atom is 0.0960 e. The smallest absolute Gasteiger partial charge is 0.0960 e. The molecule has 22 heavy (non-hydrogen) atoms. The zero-order valence-corrected chi connectivity index (χ0v) is 12.7. The number of piperidine rings is 3. The fraction of sp³-hybridized carbons (Fsp3) is 0.421. The number of aliphatic hydroxyl groups is 1. The summed E-state index contributed by atoms with van der Waals surface area (Å²) in [5, 5.41) is 12.0. The van der Waals surface area contributed by atoms with Gasteiger partial charge in [-0.2, -0.15) is 0 Å². The third kappa shape index (κ3) is 2.25. The molecule has 3 fully saturated rings. The number of hydrogen-bond acceptors (Lipinski definition) is 3. The van der Waals surface area contributed by atoms with E-state index in [9.17, 15) is 5.11 Å². The van der Waals surface area contributed by atoms with Crippen molar-refractivity contribution in [1.29, 1.82) is 0 Å². The van der Waals surface area contributed by atoms with Crippen molar-refractivity contribution in [2.45, 2.75) is 25.0 Å². The Balaban J connectivity index is 1.61. The van der Waals surface area contributed by atoms with Crippen molar-refractivity contribution in [1.82, 2.24) is 9.88 Å². The van der Waals surface area contributed by atoms with E-state index >= 15 is 0 Å². The minimum Gasteiger partial charge on any atom is -0.387 e. The number of hydrogen-bond donors (Lipinski definition) is 1. The minimum atomic E-state index is -0.453. The highest BCUT2D eigenvalue weighted by Crippen LogP contribution is 2.41. The van der Waals surface area contributed by atoms with Gasteiger partial charge in [-0.25, -0.2) is 0 Å². The molecule has 3 aliphatic heterocycles. The van der Waals surface area contributed by atoms with Gasteiger partial charge in [0.25, 0.3) is 0 Å². The van der Waals surface area contributed by atoms with Gasteiger partial charge in [0.15, 0.2) is 0 Å². The Morgan fingerprint density at radius 3 is 3.00 bits per heavy atom. The largest absolute Gasteiger partial charge is 0.387 e. The first-order valence-electron chi connectivity index (χ1n) is 8.15. The molecule has 5 rings (SSSR count). The van der Waals surface area contributed by atoms with Gasteiger partial charge in [-0.05, 0) is 43.4 Å². The van der Waals surface area contributed by atoms with Gasteiger partial charge in [-0.3, -0.25) is 9.88 Å². The van der Waals surface area contributed by atoms with Gasteiger partial charge in [0.05, 0.1) is 11.6 Å². The zero-order chi connectivity index (χ0) is 15.1. The van der Waals surface area contributed by atoms with E-state index in [1.165, 1.54) is 6.42 Å². The highest BCUT2D eigenvalue weighted by molar-refractivity contribution is 5.78. The molecule has 4 heterocycles. The predicted octanol–water partition coefficient (Wildman–Crippen LogP) is 3.16. The SMILES string of the molecule is C=C[C@H]1CN2CC[C@H]1C[C@@H]2[C@H](O)c1cnc2ccccc2c1. The van der Waals surface area contributed by atoms with Gasteiger partial charge >= 0.3 is 0 Å². The molecule has 5 atom stereocenters. The lowest BCUT2D eigenvalue weighted by Crippen LogP contribution is -2.54. The van der Waals surface area contributed by atoms with E-state index in [1.54, 1.807) is 0 Å². The van der Waals surface area contributed by atoms with E-state index in [0.717, 1.165) is 36.0 Å². The van der Waals surface area contributed by atoms with E-state index in [2.05, 4.69) is 34.7 Å². The average Bonchev–Trinajstić information content (AvgIpc) is 2.60. The van der Waals surface area contributed by atoms with Crippen LogP contribution in [-0.2, 0) is 0 Å². The van der Waals surface area contributed by atoms with Crippen molar-refractivity contribution in [2.75, 3.05) is 13.1 Å². The fourth-order valence-electron chi connectivity index (χ4n) is 4.18. The molecule has 1 unspecified atom stereocenters. The number of aliphatic hydroxyl groups excluding tert-OH is 1. The molecule has 114 valence electrons. The molecule has 3 nitrogen and oxygen atoms in total. The molecule has 0 radical (unpaired) electrons. The van der Waals surface area contributed by atoms with Crippen LogP contribution in [0.3, 0.4) is 0 Å². The maximum atomic E-state index is 10.9. The monoisotopic (exact) mass is 294 g/mol. The van der Waals surface area contributed by atoms with Crippen LogP contribution in [0.15, 0.2) is 49.2 Å². The molecule has 1 N–H and O–H groups in total. The number of pyridine rings is 1. The van der Waals surface area contributed by atoms with Crippen molar-refractivity contribution in [3.63, 3.8) is 0 Å². The first kappa shape index (κ1) is 13.9. The lowest BCUT2D eigenvalue weighted by atomic mass is 9.74. The fourth-order valence-corrected chi connectivity index (χ4v) is 4.18. The molecule has 2 bridgehead atoms. The summed E-state index contributed by atoms with van der Waals surface area (Å²) < 4.78 is 0. The molecule has 2 aromatic rings. The first-order valence-corrected chi connectivity index (χ1v) is 8.15. The minimum absolute atomic E-state index is 0.220. The summed E-state index contributed by atoms with van der Waals surface area (Å²) in [5.74, 6) is 1.27. The highest BCUT2D eigenvalue weighted by Gasteiger charge is 2.42. The third-order valence-corrected chi connectivity index (χ3v) is 5.47. The highest BCUT2D eigenvalue weighted by atomic mass is 16.3. The van der Waals surface area contributed by atoms with Crippen molar-refractivity contribution in [2.24, 2.45) is 11.8 Å². The zero-order valence-electron chi connectivity index (χ0n) is 12.7. The summed E-state index contributed by atoms with van der Waals surface area (Å²) in [6.45, 7) is 6.10. The van der Waals surface area contributed by atoms with Crippen LogP contribution in [0.1, 0.15) is 24.5 Å². The Kier molecular flexibility index (Phi) is 3.47. The Morgan fingerprint density at radius 2 is 2.23 bits per heavy atom. The van der Waals surface area contributed by atoms with Crippen LogP contribution in [0.5, 0.6) is 0 Å². The summed E-state index contributed by atoms with van der Waals surface area (Å²) in [6.07, 6.45) is 5.77. The van der Waals surface area contributed by atoms with Crippen LogP contribution in [0.25, 0.3) is 10.9 Å². The number of benzene rings is 1. The van der Waals surface area contributed by atoms with Crippen LogP contribution in [-0.4, -0.2) is 34.1 Å². The number of rotatable bonds is 3. The maximum absolute atomic E-state index is 10.9. The van der Waals surface area contributed by atoms with Crippen LogP contribution in [0.2, 0.25) is 0 Å². The number of fused-ring (bicyclic) bond motifs is 4. The number of para-hydroxylation sites is 1. The standard InChI is InChI=1S/C19H22N2O/c1-2-13-12-21-8-7-14(13)10-18(21)19(22)16-9-15-5-3-4-6-17(15)20-11-16/h2-6,9,11,13-14,18-19,22H,1,7-8,10,12H2/t13-,14-,18+,19+/m0/s1. The molecule has 0 aliphatic carbocycles. The van der Waals surface area contributed by atoms with Crippen LogP contribution in [0, 0.1) is 11.8 Å². The van der Waals surface area contributed by atoms with Gasteiger partial charge in [0.1, 0.15) is 0 Å². The second kappa shape index (κ2) is 5.49. The first-order chi connectivity index (χ1) is 10.8. The molecule has 3 aliphatic rings. The second-order valence-corrected chi connectivity index (χ2v) is 6.65. The van der Waals surface area contributed by atoms with Crippen molar-refractivity contribution >= 4 is 10.9 Å². The summed E-state index contributed by atoms with van der Waals surface area (Å²) in [4.78, 5) is 6.93. The molecule has 1 aromatic carbocycles. The summed E-state index contributed by atoms with van der Waals surface area (Å²) in [7, 11) is 0. The molecule has 3 saturated heterocycles. The van der Waals surface area contributed by atoms with Gasteiger partial charge in [0.2, 0.25) is 0 Å². The normalized spacial score (nSPS) is 32.0. The number of nitrogens with zero attached hydrogens (tertiary/aromatic N) is 2. The molecule has 0 amide bonds. The molecule has 0 spiro atoms. The molecule has 0 saturated carbocycles. The Morgan fingerprint density at radius 1 is 1.36 bits per heavy atom. The van der Waals surface area contributed by atoms with Gasteiger partial charge in [-0.1, -0.05) is 24.3 Å². The van der Waals surface area contributed by atoms with E-state index < -0.39 is 6.10 Å². The van der Waals surface area contributed by atoms with E-state index in [0.29, 0.717) is 11.8 Å². The Hall–Kier alpha value is -1.71. The van der Waals surface area contributed by atoms with Crippen molar-refractivity contribution < 1.29 is 5.11 Å². The summed E-state index contributed by atoms with van der Waals surface area (Å²) in [6, 6.07) is 10.4.